The molecular weight excluding hydrogens is 389 g/mol. The van der Waals surface area contributed by atoms with Gasteiger partial charge in [-0.15, -0.1) is 0 Å². The van der Waals surface area contributed by atoms with E-state index >= 15 is 0 Å². The third-order valence-electron chi connectivity index (χ3n) is 3.81. The zero-order valence-electron chi connectivity index (χ0n) is 16.0. The van der Waals surface area contributed by atoms with E-state index in [9.17, 15) is 22.8 Å². The molecule has 0 fully saturated rings. The normalized spacial score (nSPS) is 10.9. The van der Waals surface area contributed by atoms with Gasteiger partial charge in [-0.1, -0.05) is 12.1 Å². The molecule has 0 aromatic heterocycles. The van der Waals surface area contributed by atoms with Crippen molar-refractivity contribution in [3.05, 3.63) is 54.1 Å². The Balaban J connectivity index is 1.87. The molecule has 0 aliphatic carbocycles. The fourth-order valence-corrected chi connectivity index (χ4v) is 2.39. The van der Waals surface area contributed by atoms with Crippen molar-refractivity contribution in [2.24, 2.45) is 0 Å². The van der Waals surface area contributed by atoms with Crippen molar-refractivity contribution in [2.75, 3.05) is 32.1 Å². The lowest BCUT2D eigenvalue weighted by Crippen LogP contribution is -2.37. The molecule has 0 heterocycles. The van der Waals surface area contributed by atoms with Gasteiger partial charge in [0.15, 0.2) is 6.61 Å². The van der Waals surface area contributed by atoms with Gasteiger partial charge in [0.05, 0.1) is 24.4 Å². The van der Waals surface area contributed by atoms with Gasteiger partial charge in [0.1, 0.15) is 11.5 Å². The van der Waals surface area contributed by atoms with Crippen molar-refractivity contribution in [1.82, 2.24) is 4.90 Å². The maximum atomic E-state index is 13.0. The Hall–Kier alpha value is -3.23. The van der Waals surface area contributed by atoms with Crippen LogP contribution >= 0.6 is 0 Å². The van der Waals surface area contributed by atoms with E-state index in [4.69, 9.17) is 9.47 Å². The number of nitrogens with zero attached hydrogens (tertiary/aromatic N) is 1. The number of carbonyl (C=O) groups is 2. The van der Waals surface area contributed by atoms with Gasteiger partial charge in [-0.3, -0.25) is 9.59 Å². The third kappa shape index (κ3) is 6.70. The van der Waals surface area contributed by atoms with Crippen LogP contribution in [0.2, 0.25) is 0 Å². The molecule has 1 N–H and O–H groups in total. The summed E-state index contributed by atoms with van der Waals surface area (Å²) in [5.74, 6) is -0.144. The summed E-state index contributed by atoms with van der Waals surface area (Å²) in [6.07, 6.45) is -4.60. The second-order valence-corrected chi connectivity index (χ2v) is 6.03. The van der Waals surface area contributed by atoms with Crippen LogP contribution in [0.1, 0.15) is 12.5 Å². The molecular formula is C20H21F3N2O4. The Labute approximate surface area is 166 Å². The smallest absolute Gasteiger partial charge is 0.418 e. The standard InChI is InChI=1S/C20H21F3N2O4/c1-3-28-14-8-10-15(11-9-14)29-13-19(27)25(2)12-18(26)24-17-7-5-4-6-16(17)20(21,22)23/h4-11H,3,12-13H2,1-2H3,(H,24,26). The zero-order valence-corrected chi connectivity index (χ0v) is 16.0. The largest absolute Gasteiger partial charge is 0.494 e. The number of benzene rings is 2. The van der Waals surface area contributed by atoms with Crippen LogP contribution in [0.25, 0.3) is 0 Å². The molecule has 0 saturated heterocycles. The van der Waals surface area contributed by atoms with E-state index in [0.29, 0.717) is 18.1 Å². The van der Waals surface area contributed by atoms with E-state index in [0.717, 1.165) is 17.0 Å². The lowest BCUT2D eigenvalue weighted by molar-refractivity contribution is -0.137. The van der Waals surface area contributed by atoms with Gasteiger partial charge < -0.3 is 19.7 Å². The molecule has 6 nitrogen and oxygen atoms in total. The molecule has 2 amide bonds. The predicted octanol–water partition coefficient (Wildman–Crippen LogP) is 3.58. The number of amides is 2. The lowest BCUT2D eigenvalue weighted by Gasteiger charge is -2.18. The van der Waals surface area contributed by atoms with E-state index in [1.165, 1.54) is 19.2 Å². The lowest BCUT2D eigenvalue weighted by atomic mass is 10.1. The number of rotatable bonds is 8. The first-order valence-corrected chi connectivity index (χ1v) is 8.76. The van der Waals surface area contributed by atoms with Crippen molar-refractivity contribution >= 4 is 17.5 Å². The van der Waals surface area contributed by atoms with E-state index in [1.807, 2.05) is 6.92 Å². The molecule has 2 aromatic carbocycles. The Kier molecular flexibility index (Phi) is 7.46. The quantitative estimate of drug-likeness (QED) is 0.722. The van der Waals surface area contributed by atoms with Crippen LogP contribution in [0.4, 0.5) is 18.9 Å². The molecule has 0 radical (unpaired) electrons. The summed E-state index contributed by atoms with van der Waals surface area (Å²) in [7, 11) is 1.36. The van der Waals surface area contributed by atoms with E-state index < -0.39 is 30.1 Å². The summed E-state index contributed by atoms with van der Waals surface area (Å²) in [5.41, 5.74) is -1.32. The highest BCUT2D eigenvalue weighted by Gasteiger charge is 2.33. The summed E-state index contributed by atoms with van der Waals surface area (Å²) in [6, 6.07) is 11.3. The number of ether oxygens (including phenoxy) is 2. The molecule has 0 spiro atoms. The number of likely N-dealkylation sites (N-methyl/N-ethyl adjacent to an activating group) is 1. The topological polar surface area (TPSA) is 67.9 Å². The van der Waals surface area contributed by atoms with Crippen molar-refractivity contribution in [3.63, 3.8) is 0 Å². The SMILES string of the molecule is CCOc1ccc(OCC(=O)N(C)CC(=O)Nc2ccccc2C(F)(F)F)cc1. The molecule has 0 atom stereocenters. The van der Waals surface area contributed by atoms with Gasteiger partial charge >= 0.3 is 6.18 Å². The third-order valence-corrected chi connectivity index (χ3v) is 3.81. The van der Waals surface area contributed by atoms with Gasteiger partial charge in [0.25, 0.3) is 5.91 Å². The number of alkyl halides is 3. The monoisotopic (exact) mass is 410 g/mol. The molecule has 0 bridgehead atoms. The van der Waals surface area contributed by atoms with Crippen LogP contribution in [-0.4, -0.2) is 43.5 Å². The molecule has 0 aliphatic heterocycles. The maximum absolute atomic E-state index is 13.0. The number of anilines is 1. The van der Waals surface area contributed by atoms with Gasteiger partial charge in [0, 0.05) is 7.05 Å². The second-order valence-electron chi connectivity index (χ2n) is 6.03. The summed E-state index contributed by atoms with van der Waals surface area (Å²) < 4.78 is 49.6. The first-order valence-electron chi connectivity index (χ1n) is 8.76. The highest BCUT2D eigenvalue weighted by molar-refractivity contribution is 5.95. The highest BCUT2D eigenvalue weighted by Crippen LogP contribution is 2.34. The van der Waals surface area contributed by atoms with Crippen molar-refractivity contribution in [2.45, 2.75) is 13.1 Å². The van der Waals surface area contributed by atoms with Crippen LogP contribution in [0.3, 0.4) is 0 Å². The van der Waals surface area contributed by atoms with Crippen molar-refractivity contribution in [3.8, 4) is 11.5 Å². The molecule has 29 heavy (non-hydrogen) atoms. The van der Waals surface area contributed by atoms with Crippen LogP contribution in [0.15, 0.2) is 48.5 Å². The minimum Gasteiger partial charge on any atom is -0.494 e. The summed E-state index contributed by atoms with van der Waals surface area (Å²) in [6.45, 7) is 1.64. The summed E-state index contributed by atoms with van der Waals surface area (Å²) in [5, 5.41) is 2.19. The number of carbonyl (C=O) groups excluding carboxylic acids is 2. The Bertz CT molecular complexity index is 838. The highest BCUT2D eigenvalue weighted by atomic mass is 19.4. The first kappa shape index (κ1) is 22.1. The van der Waals surface area contributed by atoms with E-state index in [-0.39, 0.29) is 12.3 Å². The number of hydrogen-bond acceptors (Lipinski definition) is 4. The Morgan fingerprint density at radius 2 is 1.59 bits per heavy atom. The van der Waals surface area contributed by atoms with Crippen LogP contribution in [0.5, 0.6) is 11.5 Å². The van der Waals surface area contributed by atoms with Gasteiger partial charge in [-0.05, 0) is 43.3 Å². The van der Waals surface area contributed by atoms with Gasteiger partial charge in [0.2, 0.25) is 5.91 Å². The average Bonchev–Trinajstić information content (AvgIpc) is 2.67. The van der Waals surface area contributed by atoms with Crippen molar-refractivity contribution < 1.29 is 32.2 Å². The molecule has 9 heteroatoms. The Morgan fingerprint density at radius 3 is 2.17 bits per heavy atom. The van der Waals surface area contributed by atoms with Crippen LogP contribution in [-0.2, 0) is 15.8 Å². The molecule has 0 unspecified atom stereocenters. The van der Waals surface area contributed by atoms with Gasteiger partial charge in [-0.2, -0.15) is 13.2 Å². The number of nitrogens with one attached hydrogen (secondary N) is 1. The minimum absolute atomic E-state index is 0.323. The number of para-hydroxylation sites is 1. The maximum Gasteiger partial charge on any atom is 0.418 e. The minimum atomic E-state index is -4.60. The zero-order chi connectivity index (χ0) is 21.4. The predicted molar refractivity (Wildman–Crippen MR) is 101 cm³/mol. The molecule has 156 valence electrons. The van der Waals surface area contributed by atoms with Crippen LogP contribution in [0, 0.1) is 0 Å². The Morgan fingerprint density at radius 1 is 1.00 bits per heavy atom. The number of halogens is 3. The second kappa shape index (κ2) is 9.81. The van der Waals surface area contributed by atoms with Crippen molar-refractivity contribution in [1.29, 1.82) is 0 Å². The molecule has 2 aromatic rings. The number of hydrogen-bond donors (Lipinski definition) is 1. The van der Waals surface area contributed by atoms with Crippen LogP contribution < -0.4 is 14.8 Å². The average molecular weight is 410 g/mol. The van der Waals surface area contributed by atoms with E-state index in [2.05, 4.69) is 5.32 Å². The fourth-order valence-electron chi connectivity index (χ4n) is 2.39. The first-order chi connectivity index (χ1) is 13.7. The van der Waals surface area contributed by atoms with Gasteiger partial charge in [-0.25, -0.2) is 0 Å². The summed E-state index contributed by atoms with van der Waals surface area (Å²) >= 11 is 0. The summed E-state index contributed by atoms with van der Waals surface area (Å²) in [4.78, 5) is 25.2. The molecule has 2 rings (SSSR count). The molecule has 0 saturated carbocycles. The molecule has 0 aliphatic rings. The fraction of sp³-hybridized carbons (Fsp3) is 0.300. The van der Waals surface area contributed by atoms with E-state index in [1.54, 1.807) is 24.3 Å².